The van der Waals surface area contributed by atoms with E-state index in [2.05, 4.69) is 4.99 Å². The second-order valence-electron chi connectivity index (χ2n) is 4.65. The standard InChI is InChI=1S/C15H15N3O3/c1-17(2)13-8-7-11(9-14(13)18(20)21)10-16-12-5-3-4-6-15(12)19/h3-10,19H,1-2H3. The third-order valence-electron chi connectivity index (χ3n) is 2.91. The van der Waals surface area contributed by atoms with E-state index in [1.807, 2.05) is 0 Å². The van der Waals surface area contributed by atoms with E-state index in [9.17, 15) is 15.2 Å². The molecule has 108 valence electrons. The van der Waals surface area contributed by atoms with E-state index in [-0.39, 0.29) is 11.4 Å². The van der Waals surface area contributed by atoms with Gasteiger partial charge in [-0.2, -0.15) is 0 Å². The number of benzene rings is 2. The van der Waals surface area contributed by atoms with Crippen LogP contribution in [-0.2, 0) is 0 Å². The molecule has 21 heavy (non-hydrogen) atoms. The Hall–Kier alpha value is -2.89. The van der Waals surface area contributed by atoms with E-state index in [1.165, 1.54) is 18.3 Å². The van der Waals surface area contributed by atoms with E-state index < -0.39 is 4.92 Å². The van der Waals surface area contributed by atoms with E-state index in [1.54, 1.807) is 49.3 Å². The van der Waals surface area contributed by atoms with Crippen LogP contribution in [0, 0.1) is 10.1 Å². The molecule has 0 atom stereocenters. The molecule has 0 saturated heterocycles. The summed E-state index contributed by atoms with van der Waals surface area (Å²) in [5, 5.41) is 20.7. The number of phenolic OH excluding ortho intramolecular Hbond substituents is 1. The third-order valence-corrected chi connectivity index (χ3v) is 2.91. The summed E-state index contributed by atoms with van der Waals surface area (Å²) >= 11 is 0. The Morgan fingerprint density at radius 1 is 1.24 bits per heavy atom. The van der Waals surface area contributed by atoms with E-state index >= 15 is 0 Å². The monoisotopic (exact) mass is 285 g/mol. The topological polar surface area (TPSA) is 79.0 Å². The summed E-state index contributed by atoms with van der Waals surface area (Å²) in [6.45, 7) is 0. The second kappa shape index (κ2) is 6.04. The van der Waals surface area contributed by atoms with Gasteiger partial charge in [0.25, 0.3) is 5.69 Å². The first-order valence-electron chi connectivity index (χ1n) is 6.27. The molecule has 6 nitrogen and oxygen atoms in total. The molecule has 6 heteroatoms. The van der Waals surface area contributed by atoms with Gasteiger partial charge in [-0.15, -0.1) is 0 Å². The van der Waals surface area contributed by atoms with Crippen LogP contribution >= 0.6 is 0 Å². The summed E-state index contributed by atoms with van der Waals surface area (Å²) in [6, 6.07) is 11.5. The first-order chi connectivity index (χ1) is 9.99. The number of aromatic hydroxyl groups is 1. The number of hydrogen-bond acceptors (Lipinski definition) is 5. The molecular weight excluding hydrogens is 270 g/mol. The lowest BCUT2D eigenvalue weighted by atomic mass is 10.1. The second-order valence-corrected chi connectivity index (χ2v) is 4.65. The molecule has 0 unspecified atom stereocenters. The van der Waals surface area contributed by atoms with Crippen molar-refractivity contribution in [2.45, 2.75) is 0 Å². The van der Waals surface area contributed by atoms with Gasteiger partial charge in [0, 0.05) is 26.4 Å². The lowest BCUT2D eigenvalue weighted by molar-refractivity contribution is -0.384. The smallest absolute Gasteiger partial charge is 0.293 e. The van der Waals surface area contributed by atoms with Crippen LogP contribution < -0.4 is 4.90 Å². The number of hydrogen-bond donors (Lipinski definition) is 1. The van der Waals surface area contributed by atoms with Crippen LogP contribution in [0.5, 0.6) is 5.75 Å². The Morgan fingerprint density at radius 2 is 1.95 bits per heavy atom. The Balaban J connectivity index is 2.36. The van der Waals surface area contributed by atoms with E-state index in [4.69, 9.17) is 0 Å². The Kier molecular flexibility index (Phi) is 4.18. The van der Waals surface area contributed by atoms with Gasteiger partial charge in [-0.25, -0.2) is 0 Å². The lowest BCUT2D eigenvalue weighted by Crippen LogP contribution is -2.11. The maximum Gasteiger partial charge on any atom is 0.293 e. The molecule has 0 aliphatic rings. The van der Waals surface area contributed by atoms with Gasteiger partial charge >= 0.3 is 0 Å². The maximum atomic E-state index is 11.1. The summed E-state index contributed by atoms with van der Waals surface area (Å²) in [4.78, 5) is 16.5. The Bertz CT molecular complexity index is 696. The highest BCUT2D eigenvalue weighted by Crippen LogP contribution is 2.28. The predicted octanol–water partition coefficient (Wildman–Crippen LogP) is 3.12. The number of aliphatic imine (C=N–C) groups is 1. The summed E-state index contributed by atoms with van der Waals surface area (Å²) in [6.07, 6.45) is 1.49. The molecule has 0 heterocycles. The molecule has 0 radical (unpaired) electrons. The SMILES string of the molecule is CN(C)c1ccc(C=Nc2ccccc2O)cc1[N+](=O)[O-]. The number of para-hydroxylation sites is 2. The number of nitro groups is 1. The molecule has 0 aliphatic carbocycles. The minimum Gasteiger partial charge on any atom is -0.506 e. The van der Waals surface area contributed by atoms with Crippen LogP contribution in [0.4, 0.5) is 17.1 Å². The van der Waals surface area contributed by atoms with Crippen LogP contribution in [0.1, 0.15) is 5.56 Å². The summed E-state index contributed by atoms with van der Waals surface area (Å²) in [5.41, 5.74) is 1.55. The van der Waals surface area contributed by atoms with Crippen molar-refractivity contribution >= 4 is 23.3 Å². The lowest BCUT2D eigenvalue weighted by Gasteiger charge is -2.12. The highest BCUT2D eigenvalue weighted by Gasteiger charge is 2.15. The molecule has 0 amide bonds. The van der Waals surface area contributed by atoms with Gasteiger partial charge in [-0.3, -0.25) is 15.1 Å². The highest BCUT2D eigenvalue weighted by molar-refractivity contribution is 5.85. The predicted molar refractivity (Wildman–Crippen MR) is 82.8 cm³/mol. The number of phenols is 1. The molecule has 2 aromatic carbocycles. The largest absolute Gasteiger partial charge is 0.506 e. The summed E-state index contributed by atoms with van der Waals surface area (Å²) in [7, 11) is 3.50. The molecule has 0 fully saturated rings. The van der Waals surface area contributed by atoms with Crippen molar-refractivity contribution in [3.05, 3.63) is 58.1 Å². The van der Waals surface area contributed by atoms with E-state index in [0.29, 0.717) is 16.9 Å². The van der Waals surface area contributed by atoms with Gasteiger partial charge in [0.1, 0.15) is 17.1 Å². The van der Waals surface area contributed by atoms with Gasteiger partial charge in [0.15, 0.2) is 0 Å². The van der Waals surface area contributed by atoms with Crippen molar-refractivity contribution in [3.8, 4) is 5.75 Å². The van der Waals surface area contributed by atoms with Crippen molar-refractivity contribution in [3.63, 3.8) is 0 Å². The van der Waals surface area contributed by atoms with Gasteiger partial charge in [0.2, 0.25) is 0 Å². The third kappa shape index (κ3) is 3.36. The van der Waals surface area contributed by atoms with Crippen molar-refractivity contribution in [1.82, 2.24) is 0 Å². The summed E-state index contributed by atoms with van der Waals surface area (Å²) < 4.78 is 0. The van der Waals surface area contributed by atoms with Crippen molar-refractivity contribution in [1.29, 1.82) is 0 Å². The van der Waals surface area contributed by atoms with Gasteiger partial charge in [-0.05, 0) is 23.8 Å². The minimum atomic E-state index is -0.424. The quantitative estimate of drug-likeness (QED) is 0.532. The van der Waals surface area contributed by atoms with Crippen LogP contribution in [0.2, 0.25) is 0 Å². The van der Waals surface area contributed by atoms with Crippen molar-refractivity contribution in [2.24, 2.45) is 4.99 Å². The van der Waals surface area contributed by atoms with Crippen LogP contribution in [0.3, 0.4) is 0 Å². The van der Waals surface area contributed by atoms with Crippen molar-refractivity contribution in [2.75, 3.05) is 19.0 Å². The molecule has 2 rings (SSSR count). The highest BCUT2D eigenvalue weighted by atomic mass is 16.6. The zero-order valence-electron chi connectivity index (χ0n) is 11.7. The minimum absolute atomic E-state index is 0.0150. The fourth-order valence-electron chi connectivity index (χ4n) is 1.86. The number of rotatable bonds is 4. The van der Waals surface area contributed by atoms with Gasteiger partial charge < -0.3 is 10.0 Å². The number of nitrogens with zero attached hydrogens (tertiary/aromatic N) is 3. The van der Waals surface area contributed by atoms with Gasteiger partial charge in [-0.1, -0.05) is 18.2 Å². The molecule has 0 spiro atoms. The Morgan fingerprint density at radius 3 is 2.57 bits per heavy atom. The average Bonchev–Trinajstić information content (AvgIpc) is 2.46. The molecule has 2 aromatic rings. The van der Waals surface area contributed by atoms with Crippen LogP contribution in [-0.4, -0.2) is 30.3 Å². The molecule has 0 bridgehead atoms. The van der Waals surface area contributed by atoms with E-state index in [0.717, 1.165) is 0 Å². The molecule has 0 aliphatic heterocycles. The van der Waals surface area contributed by atoms with Crippen LogP contribution in [0.25, 0.3) is 0 Å². The normalized spacial score (nSPS) is 10.8. The molecule has 0 saturated carbocycles. The number of anilines is 1. The van der Waals surface area contributed by atoms with Gasteiger partial charge in [0.05, 0.1) is 4.92 Å². The first-order valence-corrected chi connectivity index (χ1v) is 6.27. The fourth-order valence-corrected chi connectivity index (χ4v) is 1.86. The molecule has 0 aromatic heterocycles. The molecular formula is C15H15N3O3. The van der Waals surface area contributed by atoms with Crippen molar-refractivity contribution < 1.29 is 10.0 Å². The summed E-state index contributed by atoms with van der Waals surface area (Å²) in [5.74, 6) is 0.0631. The molecule has 1 N–H and O–H groups in total. The zero-order valence-corrected chi connectivity index (χ0v) is 11.7. The fraction of sp³-hybridized carbons (Fsp3) is 0.133. The first kappa shape index (κ1) is 14.5. The zero-order chi connectivity index (χ0) is 15.4. The average molecular weight is 285 g/mol. The number of nitro benzene ring substituents is 1. The maximum absolute atomic E-state index is 11.1. The Labute approximate surface area is 122 Å². The van der Waals surface area contributed by atoms with Crippen LogP contribution in [0.15, 0.2) is 47.5 Å².